The zero-order valence-electron chi connectivity index (χ0n) is 12.1. The molecule has 0 atom stereocenters. The number of rotatable bonds is 4. The van der Waals surface area contributed by atoms with Crippen LogP contribution >= 0.6 is 0 Å². The molecule has 0 aliphatic carbocycles. The van der Waals surface area contributed by atoms with Crippen LogP contribution in [0.4, 0.5) is 22.7 Å². The summed E-state index contributed by atoms with van der Waals surface area (Å²) < 4.78 is 0. The summed E-state index contributed by atoms with van der Waals surface area (Å²) in [6.07, 6.45) is 0. The van der Waals surface area contributed by atoms with E-state index in [0.717, 1.165) is 0 Å². The molecule has 0 aliphatic heterocycles. The van der Waals surface area contributed by atoms with Crippen LogP contribution in [0.2, 0.25) is 0 Å². The van der Waals surface area contributed by atoms with Crippen molar-refractivity contribution in [1.82, 2.24) is 0 Å². The molecule has 2 rings (SSSR count). The van der Waals surface area contributed by atoms with E-state index in [1.165, 1.54) is 0 Å². The van der Waals surface area contributed by atoms with Crippen LogP contribution < -0.4 is 56.5 Å². The number of hydrogen-bond donors (Lipinski definition) is 1. The second-order valence-corrected chi connectivity index (χ2v) is 4.29. The minimum absolute atomic E-state index is 0. The summed E-state index contributed by atoms with van der Waals surface area (Å²) in [5.74, 6) is -2.96. The molecule has 0 radical (unpaired) electrons. The topological polar surface area (TPSA) is 216 Å². The third-order valence-corrected chi connectivity index (χ3v) is 3.04. The van der Waals surface area contributed by atoms with E-state index in [1.54, 1.807) is 0 Å². The number of nitrogens with zero attached hydrogens (tertiary/aromatic N) is 4. The maximum Gasteiger partial charge on any atom is 1.00 e. The molecule has 2 aromatic carbocycles. The van der Waals surface area contributed by atoms with Gasteiger partial charge in [-0.2, -0.15) is 0 Å². The molecule has 0 saturated carbocycles. The number of benzene rings is 2. The van der Waals surface area contributed by atoms with Gasteiger partial charge in [0.2, 0.25) is 5.75 Å². The fraction of sp³-hybridized carbons (Fsp3) is 0. The number of phenolic OH excluding ortho intramolecular Hbond substituents is 1. The summed E-state index contributed by atoms with van der Waals surface area (Å²) in [6.45, 7) is 0. The van der Waals surface area contributed by atoms with Crippen LogP contribution in [0.15, 0.2) is 12.1 Å². The van der Waals surface area contributed by atoms with E-state index in [0.29, 0.717) is 0 Å². The molecule has 124 valence electrons. The molecule has 0 saturated heterocycles. The Kier molecular flexibility index (Phi) is 5.92. The SMILES string of the molecule is O=[N+]([O-])c1cc([N+](=O)[O-])c2c(O)c([N+](=O)[O-])cc([N+](=O)[O-])c2c1[O-].[K+]. The largest absolute Gasteiger partial charge is 1.00 e. The van der Waals surface area contributed by atoms with E-state index in [9.17, 15) is 50.7 Å². The Labute approximate surface area is 177 Å². The monoisotopic (exact) mass is 378 g/mol. The van der Waals surface area contributed by atoms with E-state index >= 15 is 0 Å². The Morgan fingerprint density at radius 3 is 1.44 bits per heavy atom. The average molecular weight is 378 g/mol. The molecule has 0 amide bonds. The van der Waals surface area contributed by atoms with E-state index in [4.69, 9.17) is 0 Å². The van der Waals surface area contributed by atoms with Gasteiger partial charge in [0.15, 0.2) is 0 Å². The minimum atomic E-state index is -1.59. The van der Waals surface area contributed by atoms with Crippen LogP contribution in [0.5, 0.6) is 11.5 Å². The van der Waals surface area contributed by atoms with Crippen molar-refractivity contribution >= 4 is 33.5 Å². The fourth-order valence-corrected chi connectivity index (χ4v) is 2.08. The Balaban J connectivity index is 0.00000312. The summed E-state index contributed by atoms with van der Waals surface area (Å²) in [6, 6.07) is 0.379. The zero-order valence-corrected chi connectivity index (χ0v) is 15.2. The van der Waals surface area contributed by atoms with E-state index in [2.05, 4.69) is 0 Å². The molecule has 0 aromatic heterocycles. The van der Waals surface area contributed by atoms with Gasteiger partial charge >= 0.3 is 57.1 Å². The molecule has 0 unspecified atom stereocenters. The molecule has 0 spiro atoms. The predicted octanol–water partition coefficient (Wildman–Crippen LogP) is -1.74. The van der Waals surface area contributed by atoms with Crippen molar-refractivity contribution in [1.29, 1.82) is 0 Å². The molecule has 0 aliphatic rings. The van der Waals surface area contributed by atoms with Crippen molar-refractivity contribution in [2.75, 3.05) is 0 Å². The molecule has 0 bridgehead atoms. The molecular formula is C10H3KN4O10. The summed E-state index contributed by atoms with van der Waals surface area (Å²) in [4.78, 5) is 38.7. The summed E-state index contributed by atoms with van der Waals surface area (Å²) in [5, 5.41) is 63.4. The van der Waals surface area contributed by atoms with Crippen molar-refractivity contribution in [3.8, 4) is 11.5 Å². The minimum Gasteiger partial charge on any atom is -0.867 e. The van der Waals surface area contributed by atoms with Crippen molar-refractivity contribution in [3.63, 3.8) is 0 Å². The van der Waals surface area contributed by atoms with Gasteiger partial charge in [0, 0.05) is 0 Å². The number of nitro groups is 4. The summed E-state index contributed by atoms with van der Waals surface area (Å²) >= 11 is 0. The van der Waals surface area contributed by atoms with Gasteiger partial charge in [-0.15, -0.1) is 0 Å². The Morgan fingerprint density at radius 2 is 1.04 bits per heavy atom. The fourth-order valence-electron chi connectivity index (χ4n) is 2.08. The third kappa shape index (κ3) is 3.35. The van der Waals surface area contributed by atoms with E-state index in [-0.39, 0.29) is 63.5 Å². The maximum atomic E-state index is 12.1. The smallest absolute Gasteiger partial charge is 0.867 e. The molecule has 0 heterocycles. The van der Waals surface area contributed by atoms with Gasteiger partial charge in [-0.25, -0.2) is 0 Å². The van der Waals surface area contributed by atoms with Gasteiger partial charge in [0.1, 0.15) is 5.39 Å². The first-order valence-electron chi connectivity index (χ1n) is 5.69. The van der Waals surface area contributed by atoms with Gasteiger partial charge < -0.3 is 10.2 Å². The first-order valence-corrected chi connectivity index (χ1v) is 5.69. The van der Waals surface area contributed by atoms with E-state index < -0.39 is 64.7 Å². The number of nitro benzene ring substituents is 4. The first-order chi connectivity index (χ1) is 11.1. The number of hydrogen-bond acceptors (Lipinski definition) is 10. The molecular weight excluding hydrogens is 375 g/mol. The van der Waals surface area contributed by atoms with E-state index in [1.807, 2.05) is 0 Å². The second-order valence-electron chi connectivity index (χ2n) is 4.29. The van der Waals surface area contributed by atoms with Gasteiger partial charge in [-0.05, 0) is 5.75 Å². The Bertz CT molecular complexity index is 882. The van der Waals surface area contributed by atoms with Crippen molar-refractivity contribution in [2.45, 2.75) is 0 Å². The molecule has 14 nitrogen and oxygen atoms in total. The van der Waals surface area contributed by atoms with Crippen LogP contribution in [0.3, 0.4) is 0 Å². The van der Waals surface area contributed by atoms with Gasteiger partial charge in [-0.3, -0.25) is 40.5 Å². The summed E-state index contributed by atoms with van der Waals surface area (Å²) in [7, 11) is 0. The number of fused-ring (bicyclic) bond motifs is 1. The zero-order chi connectivity index (χ0) is 18.3. The van der Waals surface area contributed by atoms with Gasteiger partial charge in [0.25, 0.3) is 17.1 Å². The number of phenols is 1. The summed E-state index contributed by atoms with van der Waals surface area (Å²) in [5.41, 5.74) is -5.12. The molecule has 0 fully saturated rings. The Hall–Kier alpha value is -2.46. The molecule has 25 heavy (non-hydrogen) atoms. The molecule has 1 N–H and O–H groups in total. The number of aromatic hydroxyl groups is 1. The third-order valence-electron chi connectivity index (χ3n) is 3.04. The molecule has 2 aromatic rings. The van der Waals surface area contributed by atoms with Crippen LogP contribution in [-0.2, 0) is 0 Å². The van der Waals surface area contributed by atoms with Crippen molar-refractivity contribution < 1.29 is 81.3 Å². The average Bonchev–Trinajstić information content (AvgIpc) is 2.46. The standard InChI is InChI=1S/C10H4N4O10.K/c15-9-5(13(21)22)1-3(11(17)18)7-8(9)4(12(19)20)2-6(10(7)16)14(23)24;/h1-2,15-16H;/q;+1/p-1. The molecule has 15 heteroatoms. The second kappa shape index (κ2) is 7.19. The van der Waals surface area contributed by atoms with Crippen molar-refractivity contribution in [3.05, 3.63) is 52.6 Å². The Morgan fingerprint density at radius 1 is 0.680 bits per heavy atom. The first kappa shape index (κ1) is 20.6. The van der Waals surface area contributed by atoms with Crippen LogP contribution in [-0.4, -0.2) is 24.8 Å². The van der Waals surface area contributed by atoms with Gasteiger partial charge in [-0.1, -0.05) is 0 Å². The number of non-ortho nitro benzene ring substituents is 2. The van der Waals surface area contributed by atoms with Crippen molar-refractivity contribution in [2.24, 2.45) is 0 Å². The quantitative estimate of drug-likeness (QED) is 0.359. The van der Waals surface area contributed by atoms with Crippen LogP contribution in [0.25, 0.3) is 10.8 Å². The normalized spacial score (nSPS) is 10.1. The van der Waals surface area contributed by atoms with Crippen LogP contribution in [0, 0.1) is 40.5 Å². The van der Waals surface area contributed by atoms with Gasteiger partial charge in [0.05, 0.1) is 37.2 Å². The van der Waals surface area contributed by atoms with Crippen LogP contribution in [0.1, 0.15) is 0 Å². The maximum absolute atomic E-state index is 12.1. The predicted molar refractivity (Wildman–Crippen MR) is 71.7 cm³/mol.